The number of rotatable bonds is 0. The lowest BCUT2D eigenvalue weighted by Gasteiger charge is -2.05. The van der Waals surface area contributed by atoms with Crippen LogP contribution in [0.15, 0.2) is 23.0 Å². The molecule has 0 N–H and O–H groups in total. The maximum Gasteiger partial charge on any atom is 0.300 e. The van der Waals surface area contributed by atoms with Crippen LogP contribution in [0.5, 0.6) is 6.01 Å². The minimum atomic E-state index is -0.0679. The van der Waals surface area contributed by atoms with Crippen LogP contribution >= 0.6 is 11.6 Å². The molecule has 1 aliphatic rings. The van der Waals surface area contributed by atoms with Crippen molar-refractivity contribution in [2.75, 3.05) is 6.61 Å². The van der Waals surface area contributed by atoms with Gasteiger partial charge in [-0.15, -0.1) is 0 Å². The number of ether oxygens (including phenoxy) is 1. The normalized spacial score (nSPS) is 18.5. The van der Waals surface area contributed by atoms with Gasteiger partial charge in [0.25, 0.3) is 11.6 Å². The molecule has 82 valence electrons. The number of halogens is 1. The van der Waals surface area contributed by atoms with Crippen LogP contribution in [0, 0.1) is 0 Å². The molecular formula is C11H9ClN2O2. The number of nitrogens with zero attached hydrogens (tertiary/aromatic N) is 2. The predicted molar refractivity (Wildman–Crippen MR) is 61.2 cm³/mol. The molecule has 0 aliphatic carbocycles. The van der Waals surface area contributed by atoms with Gasteiger partial charge in [-0.3, -0.25) is 9.36 Å². The quantitative estimate of drug-likeness (QED) is 0.703. The van der Waals surface area contributed by atoms with E-state index in [9.17, 15) is 4.79 Å². The van der Waals surface area contributed by atoms with Gasteiger partial charge in [-0.1, -0.05) is 11.6 Å². The molecule has 1 aromatic heterocycles. The van der Waals surface area contributed by atoms with Gasteiger partial charge in [-0.2, -0.15) is 4.98 Å². The van der Waals surface area contributed by atoms with Gasteiger partial charge < -0.3 is 4.74 Å². The van der Waals surface area contributed by atoms with Gasteiger partial charge in [0.05, 0.1) is 16.9 Å². The van der Waals surface area contributed by atoms with E-state index in [0.29, 0.717) is 28.5 Å². The average molecular weight is 237 g/mol. The third kappa shape index (κ3) is 1.23. The van der Waals surface area contributed by atoms with Crippen LogP contribution in [0.2, 0.25) is 5.02 Å². The highest BCUT2D eigenvalue weighted by Crippen LogP contribution is 2.24. The molecule has 0 fully saturated rings. The molecule has 0 spiro atoms. The lowest BCUT2D eigenvalue weighted by molar-refractivity contribution is 0.327. The second-order valence-electron chi connectivity index (χ2n) is 3.89. The summed E-state index contributed by atoms with van der Waals surface area (Å²) in [6.45, 7) is 2.42. The Morgan fingerprint density at radius 3 is 3.19 bits per heavy atom. The highest BCUT2D eigenvalue weighted by molar-refractivity contribution is 6.31. The van der Waals surface area contributed by atoms with Crippen molar-refractivity contribution >= 4 is 22.5 Å². The average Bonchev–Trinajstić information content (AvgIpc) is 2.60. The molecule has 4 nitrogen and oxygen atoms in total. The summed E-state index contributed by atoms with van der Waals surface area (Å²) >= 11 is 5.86. The van der Waals surface area contributed by atoms with Crippen LogP contribution in [0.1, 0.15) is 13.0 Å². The summed E-state index contributed by atoms with van der Waals surface area (Å²) in [5.74, 6) is 0. The van der Waals surface area contributed by atoms with E-state index in [2.05, 4.69) is 4.98 Å². The van der Waals surface area contributed by atoms with E-state index >= 15 is 0 Å². The van der Waals surface area contributed by atoms with Gasteiger partial charge in [-0.05, 0) is 25.1 Å². The van der Waals surface area contributed by atoms with Crippen molar-refractivity contribution in [2.24, 2.45) is 0 Å². The second-order valence-corrected chi connectivity index (χ2v) is 4.33. The van der Waals surface area contributed by atoms with Crippen LogP contribution in [-0.2, 0) is 0 Å². The Labute approximate surface area is 96.4 Å². The summed E-state index contributed by atoms with van der Waals surface area (Å²) in [5.41, 5.74) is 0.513. The predicted octanol–water partition coefficient (Wildman–Crippen LogP) is 2.00. The van der Waals surface area contributed by atoms with Gasteiger partial charge in [0.1, 0.15) is 6.61 Å². The van der Waals surface area contributed by atoms with Crippen LogP contribution in [0.3, 0.4) is 0 Å². The molecule has 0 saturated heterocycles. The monoisotopic (exact) mass is 236 g/mol. The summed E-state index contributed by atoms with van der Waals surface area (Å²) in [6.07, 6.45) is 0. The Kier molecular flexibility index (Phi) is 1.94. The minimum Gasteiger partial charge on any atom is -0.462 e. The van der Waals surface area contributed by atoms with E-state index in [1.165, 1.54) is 0 Å². The van der Waals surface area contributed by atoms with E-state index < -0.39 is 0 Å². The van der Waals surface area contributed by atoms with Crippen molar-refractivity contribution in [3.8, 4) is 6.01 Å². The smallest absolute Gasteiger partial charge is 0.300 e. The topological polar surface area (TPSA) is 44.1 Å². The van der Waals surface area contributed by atoms with Crippen molar-refractivity contribution in [1.82, 2.24) is 9.55 Å². The summed E-state index contributed by atoms with van der Waals surface area (Å²) in [5, 5.41) is 1.14. The molecule has 1 aliphatic heterocycles. The number of benzene rings is 1. The Balaban J connectivity index is 2.44. The molecule has 1 aromatic carbocycles. The molecule has 0 amide bonds. The lowest BCUT2D eigenvalue weighted by Crippen LogP contribution is -2.21. The molecule has 5 heteroatoms. The highest BCUT2D eigenvalue weighted by Gasteiger charge is 2.23. The molecule has 1 atom stereocenters. The molecule has 0 bridgehead atoms. The van der Waals surface area contributed by atoms with E-state index in [-0.39, 0.29) is 11.6 Å². The lowest BCUT2D eigenvalue weighted by atomic mass is 10.2. The summed E-state index contributed by atoms with van der Waals surface area (Å²) in [7, 11) is 0. The van der Waals surface area contributed by atoms with Crippen molar-refractivity contribution < 1.29 is 4.74 Å². The SMILES string of the molecule is CC1COc2nc3cc(Cl)ccc3c(=O)n21. The first-order valence-corrected chi connectivity index (χ1v) is 5.39. The number of fused-ring (bicyclic) bond motifs is 2. The Hall–Kier alpha value is -1.55. The summed E-state index contributed by atoms with van der Waals surface area (Å²) in [4.78, 5) is 16.4. The summed E-state index contributed by atoms with van der Waals surface area (Å²) < 4.78 is 6.93. The van der Waals surface area contributed by atoms with E-state index in [0.717, 1.165) is 0 Å². The fraction of sp³-hybridized carbons (Fsp3) is 0.273. The first-order valence-electron chi connectivity index (χ1n) is 5.01. The molecule has 16 heavy (non-hydrogen) atoms. The first kappa shape index (κ1) is 9.66. The van der Waals surface area contributed by atoms with Crippen molar-refractivity contribution in [3.63, 3.8) is 0 Å². The van der Waals surface area contributed by atoms with Gasteiger partial charge in [0.15, 0.2) is 0 Å². The number of hydrogen-bond acceptors (Lipinski definition) is 3. The Morgan fingerprint density at radius 2 is 2.38 bits per heavy atom. The van der Waals surface area contributed by atoms with Crippen molar-refractivity contribution in [2.45, 2.75) is 13.0 Å². The second kappa shape index (κ2) is 3.22. The molecule has 3 rings (SSSR count). The van der Waals surface area contributed by atoms with E-state index in [4.69, 9.17) is 16.3 Å². The van der Waals surface area contributed by atoms with Crippen molar-refractivity contribution in [3.05, 3.63) is 33.6 Å². The minimum absolute atomic E-state index is 0.0371. The fourth-order valence-corrected chi connectivity index (χ4v) is 2.08. The zero-order valence-electron chi connectivity index (χ0n) is 8.61. The van der Waals surface area contributed by atoms with Gasteiger partial charge >= 0.3 is 0 Å². The number of hydrogen-bond donors (Lipinski definition) is 0. The van der Waals surface area contributed by atoms with Crippen molar-refractivity contribution in [1.29, 1.82) is 0 Å². The molecule has 0 saturated carbocycles. The van der Waals surface area contributed by atoms with Gasteiger partial charge in [0.2, 0.25) is 0 Å². The molecule has 1 unspecified atom stereocenters. The largest absolute Gasteiger partial charge is 0.462 e. The molecule has 0 radical (unpaired) electrons. The third-order valence-corrected chi connectivity index (χ3v) is 2.96. The van der Waals surface area contributed by atoms with Crippen LogP contribution in [0.25, 0.3) is 10.9 Å². The molecule has 2 aromatic rings. The van der Waals surface area contributed by atoms with Gasteiger partial charge in [-0.25, -0.2) is 0 Å². The Morgan fingerprint density at radius 1 is 1.56 bits per heavy atom. The zero-order chi connectivity index (χ0) is 11.3. The third-order valence-electron chi connectivity index (χ3n) is 2.73. The highest BCUT2D eigenvalue weighted by atomic mass is 35.5. The van der Waals surface area contributed by atoms with Crippen LogP contribution in [-0.4, -0.2) is 16.2 Å². The first-order chi connectivity index (χ1) is 7.66. The summed E-state index contributed by atoms with van der Waals surface area (Å²) in [6, 6.07) is 5.49. The van der Waals surface area contributed by atoms with Crippen LogP contribution < -0.4 is 10.3 Å². The maximum absolute atomic E-state index is 12.1. The van der Waals surface area contributed by atoms with Gasteiger partial charge in [0, 0.05) is 5.02 Å². The molecule has 2 heterocycles. The zero-order valence-corrected chi connectivity index (χ0v) is 9.36. The van der Waals surface area contributed by atoms with E-state index in [1.807, 2.05) is 6.92 Å². The molecular weight excluding hydrogens is 228 g/mol. The van der Waals surface area contributed by atoms with E-state index in [1.54, 1.807) is 22.8 Å². The standard InChI is InChI=1S/C11H9ClN2O2/c1-6-5-16-11-13-9-4-7(12)2-3-8(9)10(15)14(6)11/h2-4,6H,5H2,1H3. The fourth-order valence-electron chi connectivity index (χ4n) is 1.91. The maximum atomic E-state index is 12.1. The Bertz CT molecular complexity index is 636. The van der Waals surface area contributed by atoms with Crippen LogP contribution in [0.4, 0.5) is 0 Å². The number of aromatic nitrogens is 2.